The number of Topliss-reactive ketones (excluding diaryl/α,β-unsaturated/α-hetero) is 1. The minimum atomic E-state index is -3.54. The van der Waals surface area contributed by atoms with Crippen LogP contribution in [0.15, 0.2) is 41.6 Å². The van der Waals surface area contributed by atoms with Crippen molar-refractivity contribution >= 4 is 33.1 Å². The van der Waals surface area contributed by atoms with Crippen molar-refractivity contribution in [3.05, 3.63) is 47.2 Å². The first kappa shape index (κ1) is 14.3. The van der Waals surface area contributed by atoms with E-state index in [2.05, 4.69) is 0 Å². The van der Waals surface area contributed by atoms with Gasteiger partial charge in [0.25, 0.3) is 0 Å². The van der Waals surface area contributed by atoms with Crippen LogP contribution in [-0.2, 0) is 14.6 Å². The quantitative estimate of drug-likeness (QED) is 0.467. The number of benzene rings is 1. The molecule has 0 N–H and O–H groups in total. The van der Waals surface area contributed by atoms with Crippen LogP contribution in [0.4, 0.5) is 0 Å². The summed E-state index contributed by atoms with van der Waals surface area (Å²) in [6.07, 6.45) is 0. The van der Waals surface area contributed by atoms with Gasteiger partial charge in [-0.3, -0.25) is 14.5 Å². The summed E-state index contributed by atoms with van der Waals surface area (Å²) in [4.78, 5) is 25.5. The molecule has 2 aliphatic rings. The number of sulfone groups is 1. The van der Waals surface area contributed by atoms with Crippen LogP contribution in [0, 0.1) is 0 Å². The van der Waals surface area contributed by atoms with Gasteiger partial charge in [-0.2, -0.15) is 0 Å². The van der Waals surface area contributed by atoms with Gasteiger partial charge in [0, 0.05) is 5.56 Å². The zero-order valence-electron chi connectivity index (χ0n) is 11.1. The Hall–Kier alpha value is -1.66. The number of carbonyl (C=O) groups is 2. The summed E-state index contributed by atoms with van der Waals surface area (Å²) >= 11 is 5.82. The Balaban J connectivity index is 2.10. The Morgan fingerprint density at radius 1 is 1.29 bits per heavy atom. The van der Waals surface area contributed by atoms with Gasteiger partial charge in [-0.05, 0) is 12.5 Å². The summed E-state index contributed by atoms with van der Waals surface area (Å²) in [6, 6.07) is 8.45. The molecule has 1 saturated heterocycles. The molecule has 0 radical (unpaired) electrons. The first-order chi connectivity index (χ1) is 9.84. The highest BCUT2D eigenvalue weighted by Crippen LogP contribution is 2.39. The second-order valence-electron chi connectivity index (χ2n) is 5.13. The maximum Gasteiger partial charge on any atom is 0.249 e. The van der Waals surface area contributed by atoms with Crippen LogP contribution in [0.1, 0.15) is 17.3 Å². The summed E-state index contributed by atoms with van der Waals surface area (Å²) in [6.45, 7) is 1.55. The fourth-order valence-electron chi connectivity index (χ4n) is 2.70. The van der Waals surface area contributed by atoms with E-state index in [1.807, 2.05) is 0 Å². The molecule has 2 aliphatic heterocycles. The van der Waals surface area contributed by atoms with Crippen LogP contribution < -0.4 is 0 Å². The molecule has 5 nitrogen and oxygen atoms in total. The highest BCUT2D eigenvalue weighted by molar-refractivity contribution is 7.92. The minimum absolute atomic E-state index is 0.142. The Morgan fingerprint density at radius 2 is 1.90 bits per heavy atom. The Kier molecular flexibility index (Phi) is 3.18. The number of β-lactam (4-membered cyclic amide) rings is 1. The number of fused-ring (bicyclic) bond motifs is 1. The standard InChI is InChI=1S/C14H12ClNO4S/c1-8-7-21(19,20)14-10(15)13(18)16(14)11(8)12(17)9-5-3-2-4-6-9/h2-6,10,14H,7H2,1H3/t10-,14?/m0/s1. The highest BCUT2D eigenvalue weighted by atomic mass is 35.5. The van der Waals surface area contributed by atoms with E-state index in [-0.39, 0.29) is 17.2 Å². The predicted molar refractivity (Wildman–Crippen MR) is 77.5 cm³/mol. The van der Waals surface area contributed by atoms with Gasteiger partial charge in [-0.1, -0.05) is 30.3 Å². The van der Waals surface area contributed by atoms with E-state index in [1.54, 1.807) is 37.3 Å². The van der Waals surface area contributed by atoms with Gasteiger partial charge < -0.3 is 0 Å². The number of ketones is 1. The Bertz CT molecular complexity index is 769. The van der Waals surface area contributed by atoms with E-state index in [9.17, 15) is 18.0 Å². The van der Waals surface area contributed by atoms with Crippen LogP contribution in [-0.4, -0.2) is 41.5 Å². The van der Waals surface area contributed by atoms with Crippen LogP contribution in [0.2, 0.25) is 0 Å². The SMILES string of the molecule is CC1=C(C(=O)c2ccccc2)N2C(=O)[C@H](Cl)C2S(=O)(=O)C1. The predicted octanol–water partition coefficient (Wildman–Crippen LogP) is 1.35. The molecule has 2 heterocycles. The number of rotatable bonds is 2. The lowest BCUT2D eigenvalue weighted by Gasteiger charge is -2.47. The molecule has 1 unspecified atom stereocenters. The van der Waals surface area contributed by atoms with Crippen LogP contribution in [0.25, 0.3) is 0 Å². The van der Waals surface area contributed by atoms with Gasteiger partial charge in [0.2, 0.25) is 11.7 Å². The molecule has 0 saturated carbocycles. The van der Waals surface area contributed by atoms with Crippen molar-refractivity contribution in [2.24, 2.45) is 0 Å². The van der Waals surface area contributed by atoms with Crippen molar-refractivity contribution in [2.45, 2.75) is 17.7 Å². The van der Waals surface area contributed by atoms with E-state index < -0.39 is 26.5 Å². The van der Waals surface area contributed by atoms with E-state index in [0.717, 1.165) is 4.90 Å². The summed E-state index contributed by atoms with van der Waals surface area (Å²) in [5.74, 6) is -1.15. The van der Waals surface area contributed by atoms with Gasteiger partial charge in [0.15, 0.2) is 15.2 Å². The fraction of sp³-hybridized carbons (Fsp3) is 0.286. The molecule has 2 atom stereocenters. The second-order valence-corrected chi connectivity index (χ2v) is 7.70. The Labute approximate surface area is 127 Å². The monoisotopic (exact) mass is 325 g/mol. The number of hydrogen-bond acceptors (Lipinski definition) is 4. The van der Waals surface area contributed by atoms with E-state index >= 15 is 0 Å². The molecule has 0 bridgehead atoms. The summed E-state index contributed by atoms with van der Waals surface area (Å²) in [5, 5.41) is -2.24. The van der Waals surface area contributed by atoms with Crippen molar-refractivity contribution in [1.82, 2.24) is 4.90 Å². The van der Waals surface area contributed by atoms with Crippen LogP contribution >= 0.6 is 11.6 Å². The summed E-state index contributed by atoms with van der Waals surface area (Å²) in [7, 11) is -3.54. The van der Waals surface area contributed by atoms with E-state index in [1.165, 1.54) is 0 Å². The molecule has 0 spiro atoms. The third kappa shape index (κ3) is 2.01. The van der Waals surface area contributed by atoms with E-state index in [0.29, 0.717) is 11.1 Å². The van der Waals surface area contributed by atoms with Crippen molar-refractivity contribution in [1.29, 1.82) is 0 Å². The molecule has 0 aromatic heterocycles. The summed E-state index contributed by atoms with van der Waals surface area (Å²) in [5.41, 5.74) is 0.927. The van der Waals surface area contributed by atoms with Crippen LogP contribution in [0.5, 0.6) is 0 Å². The number of nitrogens with zero attached hydrogens (tertiary/aromatic N) is 1. The molecule has 0 aliphatic carbocycles. The molecule has 1 fully saturated rings. The van der Waals surface area contributed by atoms with Crippen molar-refractivity contribution < 1.29 is 18.0 Å². The van der Waals surface area contributed by atoms with Gasteiger partial charge in [-0.25, -0.2) is 8.42 Å². The molecule has 1 aromatic rings. The number of halogens is 1. The topological polar surface area (TPSA) is 71.5 Å². The second kappa shape index (κ2) is 4.68. The van der Waals surface area contributed by atoms with Crippen LogP contribution in [0.3, 0.4) is 0 Å². The zero-order valence-corrected chi connectivity index (χ0v) is 12.7. The molecule has 3 rings (SSSR count). The van der Waals surface area contributed by atoms with Gasteiger partial charge in [0.1, 0.15) is 5.38 Å². The lowest BCUT2D eigenvalue weighted by Crippen LogP contribution is -2.67. The Morgan fingerprint density at radius 3 is 2.52 bits per heavy atom. The average molecular weight is 326 g/mol. The largest absolute Gasteiger partial charge is 0.287 e. The molecule has 7 heteroatoms. The van der Waals surface area contributed by atoms with Crippen molar-refractivity contribution in [2.75, 3.05) is 5.75 Å². The van der Waals surface area contributed by atoms with Gasteiger partial charge >= 0.3 is 0 Å². The van der Waals surface area contributed by atoms with Gasteiger partial charge in [0.05, 0.1) is 11.4 Å². The fourth-order valence-corrected chi connectivity index (χ4v) is 5.31. The molecular weight excluding hydrogens is 314 g/mol. The first-order valence-corrected chi connectivity index (χ1v) is 8.48. The maximum absolute atomic E-state index is 12.6. The highest BCUT2D eigenvalue weighted by Gasteiger charge is 2.58. The number of hydrogen-bond donors (Lipinski definition) is 0. The van der Waals surface area contributed by atoms with Crippen molar-refractivity contribution in [3.8, 4) is 0 Å². The molecule has 21 heavy (non-hydrogen) atoms. The molecular formula is C14H12ClNO4S. The minimum Gasteiger partial charge on any atom is -0.287 e. The molecule has 1 aromatic carbocycles. The number of carbonyl (C=O) groups excluding carboxylic acids is 2. The lowest BCUT2D eigenvalue weighted by atomic mass is 10.0. The molecule has 1 amide bonds. The smallest absolute Gasteiger partial charge is 0.249 e. The average Bonchev–Trinajstić information content (AvgIpc) is 2.45. The normalized spacial score (nSPS) is 27.1. The number of amides is 1. The lowest BCUT2D eigenvalue weighted by molar-refractivity contribution is -0.138. The summed E-state index contributed by atoms with van der Waals surface area (Å²) < 4.78 is 24.2. The number of allylic oxidation sites excluding steroid dienone is 1. The zero-order chi connectivity index (χ0) is 15.4. The van der Waals surface area contributed by atoms with Crippen molar-refractivity contribution in [3.63, 3.8) is 0 Å². The third-order valence-corrected chi connectivity index (χ3v) is 6.29. The molecule has 110 valence electrons. The third-order valence-electron chi connectivity index (χ3n) is 3.66. The number of alkyl halides is 1. The van der Waals surface area contributed by atoms with E-state index in [4.69, 9.17) is 11.6 Å². The maximum atomic E-state index is 12.6. The first-order valence-electron chi connectivity index (χ1n) is 6.33. The van der Waals surface area contributed by atoms with Gasteiger partial charge in [-0.15, -0.1) is 11.6 Å².